The molecule has 156 valence electrons. The number of benzene rings is 2. The Balaban J connectivity index is 1.63. The molecule has 1 unspecified atom stereocenters. The van der Waals surface area contributed by atoms with Crippen molar-refractivity contribution in [1.29, 1.82) is 0 Å². The predicted molar refractivity (Wildman–Crippen MR) is 114 cm³/mol. The first-order valence-electron chi connectivity index (χ1n) is 9.90. The van der Waals surface area contributed by atoms with Crippen LogP contribution in [-0.2, 0) is 4.79 Å². The monoisotopic (exact) mass is 419 g/mol. The van der Waals surface area contributed by atoms with Gasteiger partial charge < -0.3 is 15.1 Å². The molecule has 2 aromatic rings. The zero-order valence-electron chi connectivity index (χ0n) is 16.8. The fraction of sp³-hybridized carbons (Fsp3) is 0.409. The summed E-state index contributed by atoms with van der Waals surface area (Å²) in [5, 5.41) is 2.97. The van der Waals surface area contributed by atoms with Gasteiger partial charge in [0.1, 0.15) is 11.6 Å². The van der Waals surface area contributed by atoms with Gasteiger partial charge in [-0.3, -0.25) is 4.79 Å². The molecule has 1 atom stereocenters. The average molecular weight is 420 g/mol. The first kappa shape index (κ1) is 21.6. The molecule has 1 saturated heterocycles. The van der Waals surface area contributed by atoms with E-state index in [9.17, 15) is 13.6 Å². The normalized spacial score (nSPS) is 15.9. The van der Waals surface area contributed by atoms with E-state index >= 15 is 0 Å². The second kappa shape index (κ2) is 10.1. The molecular formula is C22H27F2N3OS. The summed E-state index contributed by atoms with van der Waals surface area (Å²) < 4.78 is 26.9. The van der Waals surface area contributed by atoms with E-state index in [1.807, 2.05) is 13.0 Å². The molecule has 0 radical (unpaired) electrons. The van der Waals surface area contributed by atoms with Crippen molar-refractivity contribution >= 4 is 23.4 Å². The third-order valence-electron chi connectivity index (χ3n) is 5.18. The van der Waals surface area contributed by atoms with Crippen molar-refractivity contribution in [1.82, 2.24) is 10.2 Å². The van der Waals surface area contributed by atoms with Gasteiger partial charge in [0.15, 0.2) is 0 Å². The maximum absolute atomic E-state index is 14.0. The van der Waals surface area contributed by atoms with Gasteiger partial charge in [-0.05, 0) is 55.9 Å². The van der Waals surface area contributed by atoms with Crippen LogP contribution in [0.25, 0.3) is 0 Å². The topological polar surface area (TPSA) is 35.6 Å². The van der Waals surface area contributed by atoms with Crippen LogP contribution >= 0.6 is 11.8 Å². The molecule has 1 aliphatic rings. The first-order valence-corrected chi connectivity index (χ1v) is 10.9. The molecule has 0 spiro atoms. The quantitative estimate of drug-likeness (QED) is 0.686. The van der Waals surface area contributed by atoms with Gasteiger partial charge in [0.05, 0.1) is 11.8 Å². The minimum absolute atomic E-state index is 0.141. The molecule has 1 heterocycles. The number of rotatable bonds is 7. The summed E-state index contributed by atoms with van der Waals surface area (Å²) >= 11 is 1.34. The SMILES string of the molecule is CCN1CCN(c2ccc(F)cc2C(C)NC(=O)CSc2ccc(F)cc2)CC1. The molecule has 1 aliphatic heterocycles. The third kappa shape index (κ3) is 5.93. The standard InChI is InChI=1S/C22H27F2N3OS/c1-3-26-10-12-27(13-11-26)21-9-6-18(24)14-20(21)16(2)25-22(28)15-29-19-7-4-17(23)5-8-19/h4-9,14,16H,3,10-13,15H2,1-2H3,(H,25,28). The Morgan fingerprint density at radius 1 is 1.07 bits per heavy atom. The zero-order valence-corrected chi connectivity index (χ0v) is 17.6. The van der Waals surface area contributed by atoms with E-state index in [0.29, 0.717) is 0 Å². The molecule has 3 rings (SSSR count). The van der Waals surface area contributed by atoms with Crippen LogP contribution in [0.5, 0.6) is 0 Å². The maximum Gasteiger partial charge on any atom is 0.230 e. The lowest BCUT2D eigenvalue weighted by molar-refractivity contribution is -0.119. The van der Waals surface area contributed by atoms with Crippen LogP contribution in [0.4, 0.5) is 14.5 Å². The van der Waals surface area contributed by atoms with Gasteiger partial charge in [0.25, 0.3) is 0 Å². The first-order chi connectivity index (χ1) is 14.0. The highest BCUT2D eigenvalue weighted by molar-refractivity contribution is 8.00. The number of piperazine rings is 1. The zero-order chi connectivity index (χ0) is 20.8. The van der Waals surface area contributed by atoms with E-state index in [1.54, 1.807) is 12.1 Å². The Hall–Kier alpha value is -2.12. The van der Waals surface area contributed by atoms with Crippen LogP contribution in [0.2, 0.25) is 0 Å². The third-order valence-corrected chi connectivity index (χ3v) is 6.19. The fourth-order valence-electron chi connectivity index (χ4n) is 3.51. The summed E-state index contributed by atoms with van der Waals surface area (Å²) in [6, 6.07) is 10.5. The smallest absolute Gasteiger partial charge is 0.230 e. The number of anilines is 1. The largest absolute Gasteiger partial charge is 0.369 e. The highest BCUT2D eigenvalue weighted by Gasteiger charge is 2.21. The maximum atomic E-state index is 14.0. The number of hydrogen-bond acceptors (Lipinski definition) is 4. The highest BCUT2D eigenvalue weighted by Crippen LogP contribution is 2.28. The molecule has 0 aliphatic carbocycles. The molecule has 1 N–H and O–H groups in total. The van der Waals surface area contributed by atoms with Crippen LogP contribution in [0, 0.1) is 11.6 Å². The van der Waals surface area contributed by atoms with Gasteiger partial charge in [-0.1, -0.05) is 6.92 Å². The summed E-state index contributed by atoms with van der Waals surface area (Å²) in [5.74, 6) is -0.531. The summed E-state index contributed by atoms with van der Waals surface area (Å²) in [7, 11) is 0. The second-order valence-corrected chi connectivity index (χ2v) is 8.20. The molecule has 0 bridgehead atoms. The van der Waals surface area contributed by atoms with E-state index in [-0.39, 0.29) is 29.3 Å². The molecule has 7 heteroatoms. The van der Waals surface area contributed by atoms with Crippen molar-refractivity contribution < 1.29 is 13.6 Å². The van der Waals surface area contributed by atoms with E-state index in [0.717, 1.165) is 48.9 Å². The molecule has 0 saturated carbocycles. The van der Waals surface area contributed by atoms with Crippen LogP contribution in [0.3, 0.4) is 0 Å². The lowest BCUT2D eigenvalue weighted by atomic mass is 10.0. The molecule has 1 amide bonds. The Morgan fingerprint density at radius 3 is 2.38 bits per heavy atom. The van der Waals surface area contributed by atoms with Crippen LogP contribution in [-0.4, -0.2) is 49.3 Å². The average Bonchev–Trinajstić information content (AvgIpc) is 2.73. The van der Waals surface area contributed by atoms with Crippen LogP contribution in [0.1, 0.15) is 25.5 Å². The van der Waals surface area contributed by atoms with E-state index in [4.69, 9.17) is 0 Å². The molecule has 2 aromatic carbocycles. The van der Waals surface area contributed by atoms with Gasteiger partial charge in [-0.25, -0.2) is 8.78 Å². The summed E-state index contributed by atoms with van der Waals surface area (Å²) in [6.45, 7) is 8.77. The van der Waals surface area contributed by atoms with Crippen LogP contribution < -0.4 is 10.2 Å². The molecule has 0 aromatic heterocycles. The number of thioether (sulfide) groups is 1. The number of nitrogens with zero attached hydrogens (tertiary/aromatic N) is 2. The molecule has 4 nitrogen and oxygen atoms in total. The van der Waals surface area contributed by atoms with Crippen molar-refractivity contribution in [3.8, 4) is 0 Å². The van der Waals surface area contributed by atoms with Gasteiger partial charge in [-0.15, -0.1) is 11.8 Å². The van der Waals surface area contributed by atoms with E-state index in [1.165, 1.54) is 36.0 Å². The lowest BCUT2D eigenvalue weighted by Crippen LogP contribution is -2.46. The Kier molecular flexibility index (Phi) is 7.50. The van der Waals surface area contributed by atoms with Crippen molar-refractivity contribution in [3.63, 3.8) is 0 Å². The van der Waals surface area contributed by atoms with E-state index < -0.39 is 0 Å². The van der Waals surface area contributed by atoms with Crippen molar-refractivity contribution in [2.75, 3.05) is 43.4 Å². The van der Waals surface area contributed by atoms with Crippen molar-refractivity contribution in [2.24, 2.45) is 0 Å². The molecular weight excluding hydrogens is 392 g/mol. The number of hydrogen-bond donors (Lipinski definition) is 1. The van der Waals surface area contributed by atoms with E-state index in [2.05, 4.69) is 22.0 Å². The number of carbonyl (C=O) groups excluding carboxylic acids is 1. The second-order valence-electron chi connectivity index (χ2n) is 7.16. The molecule has 1 fully saturated rings. The van der Waals surface area contributed by atoms with Crippen molar-refractivity contribution in [2.45, 2.75) is 24.8 Å². The number of nitrogens with one attached hydrogen (secondary N) is 1. The Labute approximate surface area is 175 Å². The Bertz CT molecular complexity index is 823. The predicted octanol–water partition coefficient (Wildman–Crippen LogP) is 4.08. The summed E-state index contributed by atoms with van der Waals surface area (Å²) in [5.41, 5.74) is 1.76. The summed E-state index contributed by atoms with van der Waals surface area (Å²) in [6.07, 6.45) is 0. The Morgan fingerprint density at radius 2 is 1.72 bits per heavy atom. The molecule has 29 heavy (non-hydrogen) atoms. The summed E-state index contributed by atoms with van der Waals surface area (Å²) in [4.78, 5) is 17.9. The minimum atomic E-state index is -0.314. The van der Waals surface area contributed by atoms with Crippen molar-refractivity contribution in [3.05, 3.63) is 59.7 Å². The highest BCUT2D eigenvalue weighted by atomic mass is 32.2. The number of likely N-dealkylation sites (N-methyl/N-ethyl adjacent to an activating group) is 1. The minimum Gasteiger partial charge on any atom is -0.369 e. The number of halogens is 2. The number of carbonyl (C=O) groups is 1. The number of amides is 1. The van der Waals surface area contributed by atoms with Gasteiger partial charge in [0, 0.05) is 42.3 Å². The lowest BCUT2D eigenvalue weighted by Gasteiger charge is -2.37. The van der Waals surface area contributed by atoms with Gasteiger partial charge in [0.2, 0.25) is 5.91 Å². The fourth-order valence-corrected chi connectivity index (χ4v) is 4.22. The van der Waals surface area contributed by atoms with Gasteiger partial charge >= 0.3 is 0 Å². The van der Waals surface area contributed by atoms with Gasteiger partial charge in [-0.2, -0.15) is 0 Å². The van der Waals surface area contributed by atoms with Crippen LogP contribution in [0.15, 0.2) is 47.4 Å².